The van der Waals surface area contributed by atoms with Gasteiger partial charge in [-0.1, -0.05) is 18.2 Å². The summed E-state index contributed by atoms with van der Waals surface area (Å²) >= 11 is 0. The van der Waals surface area contributed by atoms with Crippen LogP contribution in [0.2, 0.25) is 0 Å². The van der Waals surface area contributed by atoms with E-state index in [1.54, 1.807) is 6.07 Å². The summed E-state index contributed by atoms with van der Waals surface area (Å²) in [5.74, 6) is -0.436. The fraction of sp³-hybridized carbons (Fsp3) is 0.462. The molecule has 19 heavy (non-hydrogen) atoms. The Morgan fingerprint density at radius 1 is 1.37 bits per heavy atom. The molecule has 1 aromatic rings. The Kier molecular flexibility index (Phi) is 3.30. The third-order valence-corrected chi connectivity index (χ3v) is 3.27. The monoisotopic (exact) mass is 272 g/mol. The van der Waals surface area contributed by atoms with Gasteiger partial charge in [-0.2, -0.15) is 13.2 Å². The molecule has 1 fully saturated rings. The number of benzene rings is 1. The molecule has 0 spiro atoms. The van der Waals surface area contributed by atoms with Gasteiger partial charge >= 0.3 is 6.18 Å². The highest BCUT2D eigenvalue weighted by Crippen LogP contribution is 2.49. The molecule has 6 heteroatoms. The molecule has 0 bridgehead atoms. The average Bonchev–Trinajstić information content (AvgIpc) is 3.09. The molecule has 0 radical (unpaired) electrons. The zero-order valence-corrected chi connectivity index (χ0v) is 10.4. The smallest absolute Gasteiger partial charge is 0.345 e. The number of amides is 1. The normalized spacial score (nSPS) is 18.8. The van der Waals surface area contributed by atoms with Crippen molar-refractivity contribution in [2.75, 3.05) is 0 Å². The first-order valence-corrected chi connectivity index (χ1v) is 6.00. The maximum atomic E-state index is 13.0. The van der Waals surface area contributed by atoms with Crippen LogP contribution in [0.3, 0.4) is 0 Å². The highest BCUT2D eigenvalue weighted by molar-refractivity contribution is 5.82. The van der Waals surface area contributed by atoms with Crippen molar-refractivity contribution in [3.63, 3.8) is 0 Å². The lowest BCUT2D eigenvalue weighted by Gasteiger charge is -2.23. The summed E-state index contributed by atoms with van der Waals surface area (Å²) in [7, 11) is 0. The van der Waals surface area contributed by atoms with Crippen LogP contribution in [0.1, 0.15) is 30.9 Å². The molecule has 1 atom stereocenters. The first kappa shape index (κ1) is 13.9. The summed E-state index contributed by atoms with van der Waals surface area (Å²) in [5.41, 5.74) is 3.96. The van der Waals surface area contributed by atoms with Crippen LogP contribution in [0, 0.1) is 0 Å². The Morgan fingerprint density at radius 2 is 1.95 bits per heavy atom. The van der Waals surface area contributed by atoms with Gasteiger partial charge in [0.15, 0.2) is 0 Å². The van der Waals surface area contributed by atoms with Crippen molar-refractivity contribution in [3.8, 4) is 0 Å². The number of hydrogen-bond acceptors (Lipinski definition) is 2. The second-order valence-corrected chi connectivity index (χ2v) is 4.90. The molecule has 0 aromatic heterocycles. The van der Waals surface area contributed by atoms with Crippen LogP contribution >= 0.6 is 0 Å². The minimum absolute atomic E-state index is 0.122. The van der Waals surface area contributed by atoms with Crippen LogP contribution in [-0.2, 0) is 16.5 Å². The third-order valence-electron chi connectivity index (χ3n) is 3.27. The van der Waals surface area contributed by atoms with Gasteiger partial charge in [-0.15, -0.1) is 0 Å². The van der Waals surface area contributed by atoms with E-state index in [1.807, 2.05) is 0 Å². The Hall–Kier alpha value is -1.56. The molecular weight excluding hydrogens is 257 g/mol. The predicted octanol–water partition coefficient (Wildman–Crippen LogP) is 2.16. The Labute approximate surface area is 109 Å². The van der Waals surface area contributed by atoms with Crippen molar-refractivity contribution in [2.24, 2.45) is 5.73 Å². The molecule has 1 aliphatic carbocycles. The summed E-state index contributed by atoms with van der Waals surface area (Å²) in [6.07, 6.45) is -3.43. The summed E-state index contributed by atoms with van der Waals surface area (Å²) in [5, 5.41) is 2.63. The van der Waals surface area contributed by atoms with E-state index in [0.717, 1.165) is 6.07 Å². The second kappa shape index (κ2) is 4.52. The largest absolute Gasteiger partial charge is 0.416 e. The fourth-order valence-electron chi connectivity index (χ4n) is 2.08. The fourth-order valence-corrected chi connectivity index (χ4v) is 2.08. The summed E-state index contributed by atoms with van der Waals surface area (Å²) in [4.78, 5) is 11.6. The van der Waals surface area contributed by atoms with Gasteiger partial charge < -0.3 is 11.1 Å². The Balaban J connectivity index is 2.35. The summed E-state index contributed by atoms with van der Waals surface area (Å²) in [6, 6.07) is 4.60. The second-order valence-electron chi connectivity index (χ2n) is 4.90. The molecule has 0 saturated heterocycles. The van der Waals surface area contributed by atoms with Gasteiger partial charge in [0.25, 0.3) is 0 Å². The van der Waals surface area contributed by atoms with Gasteiger partial charge in [0.1, 0.15) is 0 Å². The van der Waals surface area contributed by atoms with E-state index in [1.165, 1.54) is 19.1 Å². The van der Waals surface area contributed by atoms with E-state index in [4.69, 9.17) is 5.73 Å². The summed E-state index contributed by atoms with van der Waals surface area (Å²) < 4.78 is 38.9. The van der Waals surface area contributed by atoms with E-state index in [-0.39, 0.29) is 5.56 Å². The molecule has 0 heterocycles. The average molecular weight is 272 g/mol. The number of alkyl halides is 3. The molecule has 3 nitrogen and oxygen atoms in total. The molecule has 3 N–H and O–H groups in total. The minimum atomic E-state index is -4.43. The molecule has 2 rings (SSSR count). The number of nitrogens with one attached hydrogen (secondary N) is 1. The SMILES string of the molecule is CC(N)C(=O)NC1(c2ccccc2C(F)(F)F)CC1. The van der Waals surface area contributed by atoms with Crippen LogP contribution < -0.4 is 11.1 Å². The molecule has 1 aliphatic rings. The van der Waals surface area contributed by atoms with E-state index >= 15 is 0 Å². The lowest BCUT2D eigenvalue weighted by molar-refractivity contribution is -0.139. The van der Waals surface area contributed by atoms with Gasteiger partial charge in [-0.25, -0.2) is 0 Å². The van der Waals surface area contributed by atoms with Crippen LogP contribution in [-0.4, -0.2) is 11.9 Å². The van der Waals surface area contributed by atoms with Crippen LogP contribution in [0.15, 0.2) is 24.3 Å². The zero-order chi connectivity index (χ0) is 14.3. The standard InChI is InChI=1S/C13H15F3N2O/c1-8(17)11(19)18-12(6-7-12)9-4-2-3-5-10(9)13(14,15)16/h2-5,8H,6-7,17H2,1H3,(H,18,19). The van der Waals surface area contributed by atoms with E-state index < -0.39 is 29.2 Å². The molecular formula is C13H15F3N2O. The van der Waals surface area contributed by atoms with E-state index in [9.17, 15) is 18.0 Å². The molecule has 0 aliphatic heterocycles. The lowest BCUT2D eigenvalue weighted by atomic mass is 9.97. The van der Waals surface area contributed by atoms with Crippen LogP contribution in [0.5, 0.6) is 0 Å². The predicted molar refractivity (Wildman–Crippen MR) is 64.1 cm³/mol. The van der Waals surface area contributed by atoms with Crippen LogP contribution in [0.25, 0.3) is 0 Å². The van der Waals surface area contributed by atoms with Gasteiger partial charge in [0, 0.05) is 0 Å². The molecule has 1 unspecified atom stereocenters. The van der Waals surface area contributed by atoms with Crippen molar-refractivity contribution in [1.82, 2.24) is 5.32 Å². The number of carbonyl (C=O) groups is 1. The number of nitrogens with two attached hydrogens (primary N) is 1. The molecule has 1 saturated carbocycles. The van der Waals surface area contributed by atoms with E-state index in [2.05, 4.69) is 5.32 Å². The van der Waals surface area contributed by atoms with Crippen molar-refractivity contribution in [3.05, 3.63) is 35.4 Å². The van der Waals surface area contributed by atoms with Gasteiger partial charge in [-0.3, -0.25) is 4.79 Å². The first-order valence-electron chi connectivity index (χ1n) is 6.00. The highest BCUT2D eigenvalue weighted by atomic mass is 19.4. The summed E-state index contributed by atoms with van der Waals surface area (Å²) in [6.45, 7) is 1.50. The highest BCUT2D eigenvalue weighted by Gasteiger charge is 2.50. The minimum Gasteiger partial charge on any atom is -0.345 e. The van der Waals surface area contributed by atoms with Gasteiger partial charge in [-0.05, 0) is 31.4 Å². The maximum absolute atomic E-state index is 13.0. The third kappa shape index (κ3) is 2.73. The van der Waals surface area contributed by atoms with E-state index in [0.29, 0.717) is 12.8 Å². The topological polar surface area (TPSA) is 55.1 Å². The molecule has 1 aromatic carbocycles. The Bertz CT molecular complexity index is 493. The van der Waals surface area contributed by atoms with Gasteiger partial charge in [0.2, 0.25) is 5.91 Å². The Morgan fingerprint density at radius 3 is 2.42 bits per heavy atom. The van der Waals surface area contributed by atoms with Crippen molar-refractivity contribution in [1.29, 1.82) is 0 Å². The van der Waals surface area contributed by atoms with Crippen molar-refractivity contribution in [2.45, 2.75) is 37.5 Å². The number of hydrogen-bond donors (Lipinski definition) is 2. The maximum Gasteiger partial charge on any atom is 0.416 e. The quantitative estimate of drug-likeness (QED) is 0.886. The number of rotatable bonds is 3. The van der Waals surface area contributed by atoms with Crippen molar-refractivity contribution < 1.29 is 18.0 Å². The number of halogens is 3. The number of carbonyl (C=O) groups excluding carboxylic acids is 1. The molecule has 1 amide bonds. The first-order chi connectivity index (χ1) is 8.76. The van der Waals surface area contributed by atoms with Gasteiger partial charge in [0.05, 0.1) is 17.1 Å². The molecule has 104 valence electrons. The zero-order valence-electron chi connectivity index (χ0n) is 10.4. The van der Waals surface area contributed by atoms with Crippen LogP contribution in [0.4, 0.5) is 13.2 Å². The van der Waals surface area contributed by atoms with Crippen molar-refractivity contribution >= 4 is 5.91 Å². The lowest BCUT2D eigenvalue weighted by Crippen LogP contribution is -2.44.